The van der Waals surface area contributed by atoms with E-state index in [9.17, 15) is 14.7 Å². The lowest BCUT2D eigenvalue weighted by molar-refractivity contribution is -0.170. The molecule has 2 aromatic rings. The monoisotopic (exact) mass is 463 g/mol. The van der Waals surface area contributed by atoms with Crippen molar-refractivity contribution < 1.29 is 24.2 Å². The summed E-state index contributed by atoms with van der Waals surface area (Å²) in [7, 11) is 1.77. The summed E-state index contributed by atoms with van der Waals surface area (Å²) in [4.78, 5) is 28.7. The number of aliphatic hydroxyl groups is 1. The second kappa shape index (κ2) is 8.22. The minimum absolute atomic E-state index is 0.0239. The van der Waals surface area contributed by atoms with Crippen LogP contribution in [0.25, 0.3) is 0 Å². The van der Waals surface area contributed by atoms with Crippen LogP contribution in [0.2, 0.25) is 0 Å². The molecule has 2 saturated carbocycles. The molecule has 2 fully saturated rings. The molecule has 6 nitrogen and oxygen atoms in total. The predicted molar refractivity (Wildman–Crippen MR) is 120 cm³/mol. The van der Waals surface area contributed by atoms with Crippen LogP contribution < -0.4 is 0 Å². The Kier molecular flexibility index (Phi) is 5.91. The van der Waals surface area contributed by atoms with Crippen LogP contribution in [0.1, 0.15) is 49.8 Å². The molecule has 0 saturated heterocycles. The lowest BCUT2D eigenvalue weighted by Crippen LogP contribution is -2.45. The highest BCUT2D eigenvalue weighted by molar-refractivity contribution is 7.12. The maximum atomic E-state index is 13.3. The molecule has 0 unspecified atom stereocenters. The molecule has 2 aliphatic carbocycles. The average Bonchev–Trinajstić information content (AvgIpc) is 3.50. The van der Waals surface area contributed by atoms with Crippen LogP contribution in [-0.2, 0) is 19.9 Å². The summed E-state index contributed by atoms with van der Waals surface area (Å²) in [5.74, 6) is -0.340. The van der Waals surface area contributed by atoms with E-state index in [4.69, 9.17) is 9.47 Å². The van der Waals surface area contributed by atoms with Gasteiger partial charge in [-0.2, -0.15) is 0 Å². The van der Waals surface area contributed by atoms with Gasteiger partial charge in [0.2, 0.25) is 5.60 Å². The molecule has 168 valence electrons. The Labute approximate surface area is 190 Å². The van der Waals surface area contributed by atoms with Gasteiger partial charge in [-0.3, -0.25) is 0 Å². The first-order valence-electron chi connectivity index (χ1n) is 10.6. The molecular weight excluding hydrogens is 434 g/mol. The third-order valence-electron chi connectivity index (χ3n) is 6.24. The molecule has 2 heterocycles. The van der Waals surface area contributed by atoms with Crippen LogP contribution in [0.15, 0.2) is 35.0 Å². The Morgan fingerprint density at radius 3 is 2.23 bits per heavy atom. The number of ether oxygens (including phenoxy) is 2. The second-order valence-electron chi connectivity index (χ2n) is 9.43. The van der Waals surface area contributed by atoms with E-state index in [-0.39, 0.29) is 30.1 Å². The number of carbonyl (C=O) groups is 2. The van der Waals surface area contributed by atoms with Crippen molar-refractivity contribution in [2.24, 2.45) is 11.8 Å². The van der Waals surface area contributed by atoms with Gasteiger partial charge < -0.3 is 19.5 Å². The molecule has 4 atom stereocenters. The quantitative estimate of drug-likeness (QED) is 0.655. The zero-order valence-corrected chi connectivity index (χ0v) is 19.9. The fourth-order valence-electron chi connectivity index (χ4n) is 4.94. The highest BCUT2D eigenvalue weighted by Gasteiger charge is 2.54. The average molecular weight is 464 g/mol. The van der Waals surface area contributed by atoms with Gasteiger partial charge in [-0.25, -0.2) is 9.59 Å². The summed E-state index contributed by atoms with van der Waals surface area (Å²) in [5, 5.41) is 15.2. The molecular formula is C23H29NO5S2. The minimum atomic E-state index is -1.81. The van der Waals surface area contributed by atoms with Gasteiger partial charge in [0.25, 0.3) is 0 Å². The summed E-state index contributed by atoms with van der Waals surface area (Å²) >= 11 is 2.66. The smallest absolute Gasteiger partial charge is 0.410 e. The van der Waals surface area contributed by atoms with E-state index in [0.717, 1.165) is 12.8 Å². The van der Waals surface area contributed by atoms with Gasteiger partial charge in [0.05, 0.1) is 9.75 Å². The SMILES string of the molecule is CN(C(=O)OC(C)(C)C)[C@H]1[C@H]2CC[C@@H]1[C@H](OC(=O)C(O)(c1cccs1)c1cccs1)C2. The van der Waals surface area contributed by atoms with Gasteiger partial charge in [0.15, 0.2) is 0 Å². The number of esters is 1. The Bertz CT molecular complexity index is 884. The molecule has 0 aromatic carbocycles. The van der Waals surface area contributed by atoms with Crippen molar-refractivity contribution in [1.29, 1.82) is 0 Å². The summed E-state index contributed by atoms with van der Waals surface area (Å²) < 4.78 is 11.5. The molecule has 2 bridgehead atoms. The largest absolute Gasteiger partial charge is 0.459 e. The summed E-state index contributed by atoms with van der Waals surface area (Å²) in [5.41, 5.74) is -2.37. The van der Waals surface area contributed by atoms with Gasteiger partial charge in [0, 0.05) is 19.0 Å². The Balaban J connectivity index is 1.51. The second-order valence-corrected chi connectivity index (χ2v) is 11.3. The van der Waals surface area contributed by atoms with Crippen LogP contribution in [0, 0.1) is 11.8 Å². The number of fused-ring (bicyclic) bond motifs is 2. The normalized spacial score (nSPS) is 25.5. The zero-order valence-electron chi connectivity index (χ0n) is 18.2. The number of hydrogen-bond acceptors (Lipinski definition) is 7. The van der Waals surface area contributed by atoms with E-state index in [0.29, 0.717) is 16.2 Å². The van der Waals surface area contributed by atoms with Crippen molar-refractivity contribution in [2.75, 3.05) is 7.05 Å². The Morgan fingerprint density at radius 1 is 1.10 bits per heavy atom. The Hall–Kier alpha value is -1.90. The van der Waals surface area contributed by atoms with Crippen LogP contribution >= 0.6 is 22.7 Å². The van der Waals surface area contributed by atoms with E-state index in [1.807, 2.05) is 43.7 Å². The van der Waals surface area contributed by atoms with E-state index in [2.05, 4.69) is 0 Å². The molecule has 0 spiro atoms. The molecule has 0 radical (unpaired) electrons. The van der Waals surface area contributed by atoms with E-state index < -0.39 is 17.2 Å². The molecule has 8 heteroatoms. The fraction of sp³-hybridized carbons (Fsp3) is 0.565. The zero-order chi connectivity index (χ0) is 22.4. The van der Waals surface area contributed by atoms with E-state index >= 15 is 0 Å². The van der Waals surface area contributed by atoms with Crippen LogP contribution in [0.5, 0.6) is 0 Å². The molecule has 2 aliphatic rings. The number of thiophene rings is 2. The van der Waals surface area contributed by atoms with Gasteiger partial charge in [-0.05, 0) is 68.8 Å². The molecule has 1 amide bonds. The van der Waals surface area contributed by atoms with Crippen LogP contribution in [0.3, 0.4) is 0 Å². The predicted octanol–water partition coefficient (Wildman–Crippen LogP) is 4.62. The first-order valence-corrected chi connectivity index (χ1v) is 12.3. The molecule has 4 rings (SSSR count). The molecule has 1 N–H and O–H groups in total. The van der Waals surface area contributed by atoms with Crippen molar-refractivity contribution in [2.45, 2.75) is 63.4 Å². The number of carbonyl (C=O) groups excluding carboxylic acids is 2. The standard InChI is InChI=1S/C23H29NO5S2/c1-22(2,3)29-21(26)24(4)19-14-9-10-15(19)16(13-14)28-20(25)23(27,17-7-5-11-30-17)18-8-6-12-31-18/h5-8,11-12,14-16,19,27H,9-10,13H2,1-4H3/t14-,15+,16+,19-/m0/s1. The summed E-state index contributed by atoms with van der Waals surface area (Å²) in [6.45, 7) is 5.55. The molecule has 0 aliphatic heterocycles. The Morgan fingerprint density at radius 2 is 1.71 bits per heavy atom. The number of nitrogens with zero attached hydrogens (tertiary/aromatic N) is 1. The maximum absolute atomic E-state index is 13.3. The first kappa shape index (κ1) is 22.3. The molecule has 2 aromatic heterocycles. The molecule has 31 heavy (non-hydrogen) atoms. The van der Waals surface area contributed by atoms with E-state index in [1.165, 1.54) is 22.7 Å². The van der Waals surface area contributed by atoms with Gasteiger partial charge in [-0.15, -0.1) is 22.7 Å². The van der Waals surface area contributed by atoms with Crippen molar-refractivity contribution in [1.82, 2.24) is 4.90 Å². The minimum Gasteiger partial charge on any atom is -0.459 e. The van der Waals surface area contributed by atoms with Gasteiger partial charge >= 0.3 is 12.1 Å². The fourth-order valence-corrected chi connectivity index (χ4v) is 6.66. The third kappa shape index (κ3) is 4.13. The van der Waals surface area contributed by atoms with Crippen LogP contribution in [-0.4, -0.2) is 46.9 Å². The third-order valence-corrected chi connectivity index (χ3v) is 8.20. The maximum Gasteiger partial charge on any atom is 0.410 e. The van der Waals surface area contributed by atoms with Crippen molar-refractivity contribution in [3.63, 3.8) is 0 Å². The van der Waals surface area contributed by atoms with Crippen molar-refractivity contribution in [3.05, 3.63) is 44.8 Å². The summed E-state index contributed by atoms with van der Waals surface area (Å²) in [6.07, 6.45) is 1.90. The van der Waals surface area contributed by atoms with Crippen LogP contribution in [0.4, 0.5) is 4.79 Å². The number of rotatable bonds is 5. The lowest BCUT2D eigenvalue weighted by atomic mass is 9.96. The van der Waals surface area contributed by atoms with E-state index in [1.54, 1.807) is 24.1 Å². The van der Waals surface area contributed by atoms with Gasteiger partial charge in [0.1, 0.15) is 11.7 Å². The van der Waals surface area contributed by atoms with Gasteiger partial charge in [-0.1, -0.05) is 12.1 Å². The highest BCUT2D eigenvalue weighted by atomic mass is 32.1. The number of hydrogen-bond donors (Lipinski definition) is 1. The topological polar surface area (TPSA) is 76.1 Å². The van der Waals surface area contributed by atoms with Crippen molar-refractivity contribution >= 4 is 34.7 Å². The summed E-state index contributed by atoms with van der Waals surface area (Å²) in [6, 6.07) is 7.12. The number of amides is 1. The lowest BCUT2D eigenvalue weighted by Gasteiger charge is -2.32. The van der Waals surface area contributed by atoms with Crippen molar-refractivity contribution in [3.8, 4) is 0 Å². The highest BCUT2D eigenvalue weighted by Crippen LogP contribution is 2.49. The first-order chi connectivity index (χ1) is 14.6.